The molecule has 0 aromatic heterocycles. The molecule has 80 valence electrons. The van der Waals surface area contributed by atoms with Crippen molar-refractivity contribution in [3.8, 4) is 11.5 Å². The molecule has 5 heteroatoms. The highest BCUT2D eigenvalue weighted by Crippen LogP contribution is 2.61. The van der Waals surface area contributed by atoms with Gasteiger partial charge in [0.2, 0.25) is 0 Å². The zero-order chi connectivity index (χ0) is 10.8. The standard InChI is InChI=1S/C9H14O2S3/c1-10-7-4-8(11-2)6-9(5-7)14(3,12)13/h4-6,12-13H,1-3H3. The van der Waals surface area contributed by atoms with Crippen LogP contribution in [0, 0.1) is 0 Å². The quantitative estimate of drug-likeness (QED) is 0.634. The summed E-state index contributed by atoms with van der Waals surface area (Å²) in [5.74, 6) is 1.53. The first-order chi connectivity index (χ1) is 6.47. The highest BCUT2D eigenvalue weighted by Gasteiger charge is 2.13. The summed E-state index contributed by atoms with van der Waals surface area (Å²) in [6.45, 7) is 0. The highest BCUT2D eigenvalue weighted by atomic mass is 33.5. The Kier molecular flexibility index (Phi) is 3.92. The number of benzene rings is 1. The second-order valence-electron chi connectivity index (χ2n) is 2.88. The number of ether oxygens (including phenoxy) is 2. The predicted molar refractivity (Wildman–Crippen MR) is 69.3 cm³/mol. The summed E-state index contributed by atoms with van der Waals surface area (Å²) >= 11 is 8.91. The van der Waals surface area contributed by atoms with Crippen LogP contribution in [0.15, 0.2) is 23.1 Å². The molecule has 1 aromatic rings. The summed E-state index contributed by atoms with van der Waals surface area (Å²) in [7, 11) is 1.92. The lowest BCUT2D eigenvalue weighted by atomic mass is 10.3. The lowest BCUT2D eigenvalue weighted by molar-refractivity contribution is 0.392. The van der Waals surface area contributed by atoms with E-state index in [0.29, 0.717) is 0 Å². The Hall–Kier alpha value is -0.130. The van der Waals surface area contributed by atoms with Gasteiger partial charge < -0.3 is 9.47 Å². The van der Waals surface area contributed by atoms with Crippen LogP contribution >= 0.6 is 31.4 Å². The van der Waals surface area contributed by atoms with Gasteiger partial charge in [0.1, 0.15) is 11.5 Å². The summed E-state index contributed by atoms with van der Waals surface area (Å²) in [5, 5.41) is 0. The molecule has 1 aromatic carbocycles. The molecule has 0 atom stereocenters. The molecule has 14 heavy (non-hydrogen) atoms. The smallest absolute Gasteiger partial charge is 0.123 e. The molecule has 0 spiro atoms. The number of thiol groups is 2. The molecule has 0 bridgehead atoms. The number of methoxy groups -OCH3 is 2. The fourth-order valence-corrected chi connectivity index (χ4v) is 2.32. The average molecular weight is 250 g/mol. The zero-order valence-corrected chi connectivity index (χ0v) is 11.0. The molecule has 0 fully saturated rings. The second-order valence-corrected chi connectivity index (χ2v) is 10.3. The molecule has 0 amide bonds. The van der Waals surface area contributed by atoms with Gasteiger partial charge in [-0.3, -0.25) is 0 Å². The van der Waals surface area contributed by atoms with Crippen molar-refractivity contribution in [1.29, 1.82) is 0 Å². The summed E-state index contributed by atoms with van der Waals surface area (Å²) in [5.41, 5.74) is 0. The minimum absolute atomic E-state index is 0.765. The van der Waals surface area contributed by atoms with Crippen LogP contribution < -0.4 is 9.47 Å². The van der Waals surface area contributed by atoms with E-state index in [2.05, 4.69) is 23.3 Å². The van der Waals surface area contributed by atoms with E-state index in [1.54, 1.807) is 14.2 Å². The monoisotopic (exact) mass is 250 g/mol. The van der Waals surface area contributed by atoms with Gasteiger partial charge in [0.15, 0.2) is 0 Å². The van der Waals surface area contributed by atoms with Gasteiger partial charge in [0.25, 0.3) is 0 Å². The minimum Gasteiger partial charge on any atom is -0.497 e. The third-order valence-electron chi connectivity index (χ3n) is 1.77. The lowest BCUT2D eigenvalue weighted by Gasteiger charge is -2.23. The topological polar surface area (TPSA) is 18.5 Å². The molecule has 0 unspecified atom stereocenters. The third kappa shape index (κ3) is 2.93. The number of hydrogen-bond donors (Lipinski definition) is 2. The van der Waals surface area contributed by atoms with Gasteiger partial charge in [-0.2, -0.15) is 0 Å². The van der Waals surface area contributed by atoms with Gasteiger partial charge in [-0.05, 0) is 18.4 Å². The van der Waals surface area contributed by atoms with Gasteiger partial charge in [0.05, 0.1) is 14.2 Å². The Morgan fingerprint density at radius 2 is 1.43 bits per heavy atom. The van der Waals surface area contributed by atoms with Crippen LogP contribution in [0.5, 0.6) is 11.5 Å². The molecular weight excluding hydrogens is 236 g/mol. The first kappa shape index (κ1) is 11.9. The number of hydrogen-bond acceptors (Lipinski definition) is 4. The van der Waals surface area contributed by atoms with E-state index in [1.165, 1.54) is 0 Å². The molecule has 0 aliphatic rings. The van der Waals surface area contributed by atoms with Crippen molar-refractivity contribution in [1.82, 2.24) is 0 Å². The molecule has 0 saturated carbocycles. The molecule has 0 heterocycles. The molecule has 0 aliphatic heterocycles. The van der Waals surface area contributed by atoms with E-state index in [4.69, 9.17) is 9.47 Å². The van der Waals surface area contributed by atoms with Gasteiger partial charge >= 0.3 is 0 Å². The van der Waals surface area contributed by atoms with E-state index < -0.39 is 8.09 Å². The molecule has 2 nitrogen and oxygen atoms in total. The van der Waals surface area contributed by atoms with Crippen molar-refractivity contribution in [3.63, 3.8) is 0 Å². The third-order valence-corrected chi connectivity index (χ3v) is 4.17. The lowest BCUT2D eigenvalue weighted by Crippen LogP contribution is -1.90. The minimum atomic E-state index is -1.34. The predicted octanol–water partition coefficient (Wildman–Crippen LogP) is 3.19. The Bertz CT molecular complexity index is 298. The van der Waals surface area contributed by atoms with Crippen molar-refractivity contribution < 1.29 is 9.47 Å². The van der Waals surface area contributed by atoms with Crippen molar-refractivity contribution in [2.45, 2.75) is 4.90 Å². The average Bonchev–Trinajstić information content (AvgIpc) is 2.15. The van der Waals surface area contributed by atoms with Crippen LogP contribution in [0.2, 0.25) is 0 Å². The normalized spacial score (nSPS) is 12.4. The van der Waals surface area contributed by atoms with Gasteiger partial charge in [0, 0.05) is 11.0 Å². The van der Waals surface area contributed by atoms with E-state index in [0.717, 1.165) is 16.4 Å². The van der Waals surface area contributed by atoms with E-state index in [9.17, 15) is 0 Å². The van der Waals surface area contributed by atoms with Crippen LogP contribution in [-0.4, -0.2) is 20.5 Å². The Labute approximate surface area is 95.9 Å². The summed E-state index contributed by atoms with van der Waals surface area (Å²) in [6, 6.07) is 5.69. The van der Waals surface area contributed by atoms with Crippen LogP contribution in [0.25, 0.3) is 0 Å². The molecular formula is C9H14O2S3. The molecule has 0 saturated heterocycles. The second kappa shape index (κ2) is 4.59. The van der Waals surface area contributed by atoms with Gasteiger partial charge in [-0.25, -0.2) is 0 Å². The Morgan fingerprint density at radius 3 is 1.71 bits per heavy atom. The molecule has 0 N–H and O–H groups in total. The van der Waals surface area contributed by atoms with Crippen LogP contribution in [0.4, 0.5) is 0 Å². The van der Waals surface area contributed by atoms with E-state index in [-0.39, 0.29) is 0 Å². The first-order valence-corrected chi connectivity index (χ1v) is 8.08. The Balaban J connectivity index is 3.17. The van der Waals surface area contributed by atoms with Crippen LogP contribution in [-0.2, 0) is 0 Å². The summed E-state index contributed by atoms with van der Waals surface area (Å²) in [6.07, 6.45) is 1.98. The maximum absolute atomic E-state index is 5.16. The van der Waals surface area contributed by atoms with Crippen molar-refractivity contribution in [3.05, 3.63) is 18.2 Å². The SMILES string of the molecule is COc1cc(OC)cc(S(C)(S)S)c1. The fraction of sp³-hybridized carbons (Fsp3) is 0.333. The maximum Gasteiger partial charge on any atom is 0.123 e. The molecule has 0 aliphatic carbocycles. The van der Waals surface area contributed by atoms with Crippen molar-refractivity contribution >= 4 is 31.4 Å². The number of rotatable bonds is 3. The van der Waals surface area contributed by atoms with Gasteiger partial charge in [-0.1, -0.05) is 0 Å². The Morgan fingerprint density at radius 1 is 1.00 bits per heavy atom. The van der Waals surface area contributed by atoms with Gasteiger partial charge in [-0.15, -0.1) is 31.4 Å². The first-order valence-electron chi connectivity index (χ1n) is 3.93. The zero-order valence-electron chi connectivity index (χ0n) is 8.35. The fourth-order valence-electron chi connectivity index (χ4n) is 1.00. The highest BCUT2D eigenvalue weighted by molar-refractivity contribution is 9.17. The van der Waals surface area contributed by atoms with E-state index in [1.807, 2.05) is 24.5 Å². The van der Waals surface area contributed by atoms with Crippen LogP contribution in [0.1, 0.15) is 0 Å². The van der Waals surface area contributed by atoms with Crippen molar-refractivity contribution in [2.75, 3.05) is 20.5 Å². The van der Waals surface area contributed by atoms with E-state index >= 15 is 0 Å². The molecule has 1 rings (SSSR count). The maximum atomic E-state index is 5.16. The largest absolute Gasteiger partial charge is 0.497 e. The summed E-state index contributed by atoms with van der Waals surface area (Å²) < 4.78 is 10.3. The van der Waals surface area contributed by atoms with Crippen LogP contribution in [0.3, 0.4) is 0 Å². The molecule has 0 radical (unpaired) electrons. The summed E-state index contributed by atoms with van der Waals surface area (Å²) in [4.78, 5) is 1.03. The van der Waals surface area contributed by atoms with Crippen molar-refractivity contribution in [2.24, 2.45) is 0 Å².